The summed E-state index contributed by atoms with van der Waals surface area (Å²) in [5.74, 6) is -0.457. The molecule has 0 aliphatic heterocycles. The molecular formula is C14H13BrClN3O3S. The number of anilines is 1. The largest absolute Gasteiger partial charge is 0.325 e. The van der Waals surface area contributed by atoms with E-state index in [9.17, 15) is 13.2 Å². The van der Waals surface area contributed by atoms with Crippen molar-refractivity contribution in [3.05, 3.63) is 52.2 Å². The van der Waals surface area contributed by atoms with E-state index in [-0.39, 0.29) is 16.6 Å². The molecule has 6 nitrogen and oxygen atoms in total. The molecule has 1 N–H and O–H groups in total. The Hall–Kier alpha value is -1.48. The van der Waals surface area contributed by atoms with Gasteiger partial charge in [0.1, 0.15) is 10.0 Å². The van der Waals surface area contributed by atoms with E-state index in [1.807, 2.05) is 6.07 Å². The Morgan fingerprint density at radius 2 is 2.00 bits per heavy atom. The molecule has 2 aromatic rings. The van der Waals surface area contributed by atoms with Crippen molar-refractivity contribution in [1.82, 2.24) is 9.29 Å². The molecule has 1 heterocycles. The lowest BCUT2D eigenvalue weighted by molar-refractivity contribution is -0.116. The van der Waals surface area contributed by atoms with Crippen LogP contribution < -0.4 is 5.32 Å². The maximum absolute atomic E-state index is 12.5. The van der Waals surface area contributed by atoms with E-state index in [2.05, 4.69) is 26.2 Å². The molecule has 0 aliphatic rings. The van der Waals surface area contributed by atoms with Crippen molar-refractivity contribution >= 4 is 49.1 Å². The average Bonchev–Trinajstić information content (AvgIpc) is 2.50. The number of likely N-dealkylation sites (N-methyl/N-ethyl adjacent to an activating group) is 1. The van der Waals surface area contributed by atoms with Crippen molar-refractivity contribution in [2.24, 2.45) is 0 Å². The number of aromatic nitrogens is 1. The van der Waals surface area contributed by atoms with Gasteiger partial charge >= 0.3 is 0 Å². The molecular weight excluding hydrogens is 406 g/mol. The van der Waals surface area contributed by atoms with Gasteiger partial charge in [-0.2, -0.15) is 4.31 Å². The quantitative estimate of drug-likeness (QED) is 0.757. The van der Waals surface area contributed by atoms with Crippen molar-refractivity contribution < 1.29 is 13.2 Å². The van der Waals surface area contributed by atoms with Crippen LogP contribution in [0.3, 0.4) is 0 Å². The Bertz CT molecular complexity index is 815. The summed E-state index contributed by atoms with van der Waals surface area (Å²) in [5, 5.41) is 2.47. The maximum atomic E-state index is 12.5. The number of pyridine rings is 1. The van der Waals surface area contributed by atoms with E-state index in [1.54, 1.807) is 24.3 Å². The van der Waals surface area contributed by atoms with Crippen molar-refractivity contribution in [2.45, 2.75) is 4.90 Å². The van der Waals surface area contributed by atoms with Crippen LogP contribution in [0.5, 0.6) is 0 Å². The third-order valence-corrected chi connectivity index (χ3v) is 5.55. The van der Waals surface area contributed by atoms with Gasteiger partial charge in [0.05, 0.1) is 6.54 Å². The van der Waals surface area contributed by atoms with Gasteiger partial charge in [0, 0.05) is 23.4 Å². The highest BCUT2D eigenvalue weighted by atomic mass is 79.9. The number of amides is 1. The number of sulfonamides is 1. The molecule has 0 spiro atoms. The predicted molar refractivity (Wildman–Crippen MR) is 91.8 cm³/mol. The van der Waals surface area contributed by atoms with Crippen LogP contribution in [0.25, 0.3) is 0 Å². The van der Waals surface area contributed by atoms with E-state index in [4.69, 9.17) is 11.6 Å². The molecule has 0 fully saturated rings. The lowest BCUT2D eigenvalue weighted by Crippen LogP contribution is -2.35. The number of carbonyl (C=O) groups is 1. The van der Waals surface area contributed by atoms with Gasteiger partial charge in [0.25, 0.3) is 0 Å². The number of nitrogens with zero attached hydrogens (tertiary/aromatic N) is 2. The van der Waals surface area contributed by atoms with E-state index in [1.165, 1.54) is 19.3 Å². The Kier molecular flexibility index (Phi) is 5.74. The summed E-state index contributed by atoms with van der Waals surface area (Å²) < 4.78 is 26.4. The predicted octanol–water partition coefficient (Wildman–Crippen LogP) is 2.76. The van der Waals surface area contributed by atoms with Gasteiger partial charge in [-0.05, 0) is 34.1 Å². The van der Waals surface area contributed by atoms with Crippen LogP contribution in [-0.4, -0.2) is 37.2 Å². The number of nitrogens with one attached hydrogen (secondary N) is 1. The molecule has 23 heavy (non-hydrogen) atoms. The minimum absolute atomic E-state index is 0.150. The first-order chi connectivity index (χ1) is 10.8. The zero-order valence-corrected chi connectivity index (χ0v) is 15.2. The third kappa shape index (κ3) is 4.51. The number of benzene rings is 1. The molecule has 1 amide bonds. The Labute approximate surface area is 147 Å². The summed E-state index contributed by atoms with van der Waals surface area (Å²) >= 11 is 9.00. The minimum atomic E-state index is -3.93. The van der Waals surface area contributed by atoms with Gasteiger partial charge in [-0.25, -0.2) is 13.4 Å². The van der Waals surface area contributed by atoms with Gasteiger partial charge in [0.2, 0.25) is 15.9 Å². The fraction of sp³-hybridized carbons (Fsp3) is 0.143. The van der Waals surface area contributed by atoms with Crippen LogP contribution in [0.1, 0.15) is 0 Å². The molecule has 0 bridgehead atoms. The first kappa shape index (κ1) is 17.9. The van der Waals surface area contributed by atoms with Crippen molar-refractivity contribution in [3.8, 4) is 0 Å². The molecule has 1 aromatic heterocycles. The highest BCUT2D eigenvalue weighted by molar-refractivity contribution is 9.10. The van der Waals surface area contributed by atoms with Crippen LogP contribution in [0.15, 0.2) is 52.0 Å². The smallest absolute Gasteiger partial charge is 0.246 e. The van der Waals surface area contributed by atoms with E-state index >= 15 is 0 Å². The maximum Gasteiger partial charge on any atom is 0.246 e. The molecule has 2 rings (SSSR count). The first-order valence-corrected chi connectivity index (χ1v) is 9.04. The van der Waals surface area contributed by atoms with Crippen LogP contribution >= 0.6 is 27.5 Å². The fourth-order valence-electron chi connectivity index (χ4n) is 1.76. The lowest BCUT2D eigenvalue weighted by atomic mass is 10.3. The van der Waals surface area contributed by atoms with Gasteiger partial charge < -0.3 is 5.32 Å². The first-order valence-electron chi connectivity index (χ1n) is 6.43. The molecule has 0 saturated heterocycles. The standard InChI is InChI=1S/C14H13BrClN3O3S/c1-19(9-13(20)18-11-5-3-2-4-6-11)23(21,22)12-7-10(15)8-17-14(12)16/h2-8H,9H2,1H3,(H,18,20). The fourth-order valence-corrected chi connectivity index (χ4v) is 3.81. The summed E-state index contributed by atoms with van der Waals surface area (Å²) in [7, 11) is -2.63. The van der Waals surface area contributed by atoms with E-state index < -0.39 is 15.9 Å². The highest BCUT2D eigenvalue weighted by Crippen LogP contribution is 2.25. The van der Waals surface area contributed by atoms with Crippen molar-refractivity contribution in [3.63, 3.8) is 0 Å². The second kappa shape index (κ2) is 7.39. The highest BCUT2D eigenvalue weighted by Gasteiger charge is 2.26. The Morgan fingerprint density at radius 3 is 2.65 bits per heavy atom. The van der Waals surface area contributed by atoms with Crippen molar-refractivity contribution in [1.29, 1.82) is 0 Å². The second-order valence-electron chi connectivity index (χ2n) is 4.62. The van der Waals surface area contributed by atoms with Crippen LogP contribution in [0.2, 0.25) is 5.15 Å². The normalized spacial score (nSPS) is 11.5. The van der Waals surface area contributed by atoms with E-state index in [0.29, 0.717) is 10.2 Å². The zero-order valence-electron chi connectivity index (χ0n) is 12.0. The van der Waals surface area contributed by atoms with Gasteiger partial charge in [0.15, 0.2) is 0 Å². The summed E-state index contributed by atoms with van der Waals surface area (Å²) in [6, 6.07) is 10.1. The lowest BCUT2D eigenvalue weighted by Gasteiger charge is -2.17. The van der Waals surface area contributed by atoms with Gasteiger partial charge in [-0.3, -0.25) is 4.79 Å². The monoisotopic (exact) mass is 417 g/mol. The Balaban J connectivity index is 2.14. The van der Waals surface area contributed by atoms with E-state index in [0.717, 1.165) is 4.31 Å². The molecule has 9 heteroatoms. The van der Waals surface area contributed by atoms with Crippen LogP contribution in [-0.2, 0) is 14.8 Å². The molecule has 0 saturated carbocycles. The molecule has 0 radical (unpaired) electrons. The summed E-state index contributed by atoms with van der Waals surface area (Å²) in [4.78, 5) is 15.6. The van der Waals surface area contributed by atoms with Gasteiger partial charge in [-0.15, -0.1) is 0 Å². The average molecular weight is 419 g/mol. The molecule has 0 unspecified atom stereocenters. The minimum Gasteiger partial charge on any atom is -0.325 e. The number of para-hydroxylation sites is 1. The molecule has 0 aliphatic carbocycles. The molecule has 0 atom stereocenters. The SMILES string of the molecule is CN(CC(=O)Nc1ccccc1)S(=O)(=O)c1cc(Br)cnc1Cl. The summed E-state index contributed by atoms with van der Waals surface area (Å²) in [6.45, 7) is -0.347. The second-order valence-corrected chi connectivity index (χ2v) is 7.90. The number of hydrogen-bond donors (Lipinski definition) is 1. The van der Waals surface area contributed by atoms with Crippen molar-refractivity contribution in [2.75, 3.05) is 18.9 Å². The zero-order chi connectivity index (χ0) is 17.0. The number of carbonyl (C=O) groups excluding carboxylic acids is 1. The van der Waals surface area contributed by atoms with Crippen LogP contribution in [0.4, 0.5) is 5.69 Å². The number of rotatable bonds is 5. The molecule has 1 aromatic carbocycles. The third-order valence-electron chi connectivity index (χ3n) is 2.89. The number of halogens is 2. The number of hydrogen-bond acceptors (Lipinski definition) is 4. The summed E-state index contributed by atoms with van der Waals surface area (Å²) in [5.41, 5.74) is 0.588. The summed E-state index contributed by atoms with van der Waals surface area (Å²) in [6.07, 6.45) is 1.39. The topological polar surface area (TPSA) is 79.4 Å². The molecule has 122 valence electrons. The Morgan fingerprint density at radius 1 is 1.35 bits per heavy atom. The van der Waals surface area contributed by atoms with Crippen LogP contribution in [0, 0.1) is 0 Å². The van der Waals surface area contributed by atoms with Gasteiger partial charge in [-0.1, -0.05) is 29.8 Å².